The lowest BCUT2D eigenvalue weighted by Crippen LogP contribution is -2.30. The van der Waals surface area contributed by atoms with E-state index < -0.39 is 0 Å². The van der Waals surface area contributed by atoms with Crippen LogP contribution in [0.2, 0.25) is 0 Å². The average molecular weight is 343 g/mol. The zero-order valence-electron chi connectivity index (χ0n) is 15.2. The van der Waals surface area contributed by atoms with Gasteiger partial charge in [-0.25, -0.2) is 0 Å². The lowest BCUT2D eigenvalue weighted by atomic mass is 9.89. The second kappa shape index (κ2) is 7.76. The number of aryl methyl sites for hydroxylation is 1. The van der Waals surface area contributed by atoms with Gasteiger partial charge in [-0.15, -0.1) is 0 Å². The number of benzene rings is 3. The van der Waals surface area contributed by atoms with Gasteiger partial charge >= 0.3 is 0 Å². The maximum Gasteiger partial charge on any atom is 0.120 e. The largest absolute Gasteiger partial charge is 0.489 e. The molecule has 1 heterocycles. The third-order valence-corrected chi connectivity index (χ3v) is 5.14. The van der Waals surface area contributed by atoms with Crippen molar-refractivity contribution < 1.29 is 4.74 Å². The first kappa shape index (κ1) is 16.9. The Morgan fingerprint density at radius 2 is 1.73 bits per heavy atom. The molecule has 0 spiro atoms. The summed E-state index contributed by atoms with van der Waals surface area (Å²) in [6.07, 6.45) is 2.12. The molecule has 0 radical (unpaired) electrons. The van der Waals surface area contributed by atoms with E-state index in [9.17, 15) is 0 Å². The van der Waals surface area contributed by atoms with Crippen LogP contribution in [0.15, 0.2) is 72.8 Å². The number of ether oxygens (including phenoxy) is 1. The predicted octanol–water partition coefficient (Wildman–Crippen LogP) is 5.06. The van der Waals surface area contributed by atoms with Gasteiger partial charge in [-0.05, 0) is 52.8 Å². The van der Waals surface area contributed by atoms with Crippen molar-refractivity contribution in [1.29, 1.82) is 0 Å². The smallest absolute Gasteiger partial charge is 0.120 e. The van der Waals surface area contributed by atoms with Crippen molar-refractivity contribution in [3.05, 3.63) is 101 Å². The highest BCUT2D eigenvalue weighted by Crippen LogP contribution is 2.31. The summed E-state index contributed by atoms with van der Waals surface area (Å²) in [7, 11) is 0. The molecular weight excluding hydrogens is 318 g/mol. The number of nitrogens with one attached hydrogen (secondary N) is 1. The molecule has 1 unspecified atom stereocenters. The quantitative estimate of drug-likeness (QED) is 0.699. The van der Waals surface area contributed by atoms with Gasteiger partial charge < -0.3 is 10.1 Å². The molecule has 1 aliphatic heterocycles. The molecule has 2 nitrogen and oxygen atoms in total. The summed E-state index contributed by atoms with van der Waals surface area (Å²) < 4.78 is 6.01. The summed E-state index contributed by atoms with van der Waals surface area (Å²) in [6, 6.07) is 26.1. The van der Waals surface area contributed by atoms with Crippen LogP contribution < -0.4 is 10.1 Å². The van der Waals surface area contributed by atoms with Gasteiger partial charge in [-0.1, -0.05) is 67.6 Å². The van der Waals surface area contributed by atoms with Crippen LogP contribution in [0.1, 0.15) is 40.8 Å². The van der Waals surface area contributed by atoms with Gasteiger partial charge in [0.05, 0.1) is 6.04 Å². The van der Waals surface area contributed by atoms with E-state index in [1.807, 2.05) is 18.2 Å². The molecule has 0 saturated carbocycles. The standard InChI is InChI=1S/C24H25NO/c1-2-18-8-10-20(11-9-18)24-23-13-12-22(16-21(23)14-15-25-24)26-17-19-6-4-3-5-7-19/h3-13,16,24-25H,2,14-15,17H2,1H3. The highest BCUT2D eigenvalue weighted by molar-refractivity contribution is 5.44. The minimum absolute atomic E-state index is 0.271. The van der Waals surface area contributed by atoms with Crippen molar-refractivity contribution in [2.45, 2.75) is 32.4 Å². The van der Waals surface area contributed by atoms with Gasteiger partial charge in [0.1, 0.15) is 12.4 Å². The van der Waals surface area contributed by atoms with E-state index >= 15 is 0 Å². The van der Waals surface area contributed by atoms with Gasteiger partial charge in [-0.3, -0.25) is 0 Å². The second-order valence-corrected chi connectivity index (χ2v) is 6.87. The van der Waals surface area contributed by atoms with Gasteiger partial charge in [-0.2, -0.15) is 0 Å². The Bertz CT molecular complexity index is 855. The van der Waals surface area contributed by atoms with Crippen molar-refractivity contribution in [3.63, 3.8) is 0 Å². The number of hydrogen-bond donors (Lipinski definition) is 1. The minimum atomic E-state index is 0.271. The molecule has 26 heavy (non-hydrogen) atoms. The average Bonchev–Trinajstić information content (AvgIpc) is 2.72. The summed E-state index contributed by atoms with van der Waals surface area (Å²) in [5.41, 5.74) is 6.67. The van der Waals surface area contributed by atoms with Gasteiger partial charge in [0.25, 0.3) is 0 Å². The normalized spacial score (nSPS) is 16.1. The van der Waals surface area contributed by atoms with E-state index in [4.69, 9.17) is 4.74 Å². The molecule has 3 aromatic carbocycles. The van der Waals surface area contributed by atoms with E-state index in [1.54, 1.807) is 0 Å². The van der Waals surface area contributed by atoms with Crippen LogP contribution in [0.3, 0.4) is 0 Å². The molecule has 0 aliphatic carbocycles. The molecule has 0 amide bonds. The monoisotopic (exact) mass is 343 g/mol. The first-order chi connectivity index (χ1) is 12.8. The van der Waals surface area contributed by atoms with Crippen LogP contribution in [-0.4, -0.2) is 6.54 Å². The van der Waals surface area contributed by atoms with Crippen molar-refractivity contribution in [3.8, 4) is 5.75 Å². The van der Waals surface area contributed by atoms with E-state index in [2.05, 4.69) is 66.8 Å². The summed E-state index contributed by atoms with van der Waals surface area (Å²) >= 11 is 0. The van der Waals surface area contributed by atoms with E-state index in [1.165, 1.54) is 27.8 Å². The molecule has 2 heteroatoms. The maximum atomic E-state index is 6.01. The Hall–Kier alpha value is -2.58. The van der Waals surface area contributed by atoms with Crippen molar-refractivity contribution in [2.75, 3.05) is 6.54 Å². The first-order valence-corrected chi connectivity index (χ1v) is 9.45. The summed E-state index contributed by atoms with van der Waals surface area (Å²) in [5.74, 6) is 0.953. The molecule has 1 atom stereocenters. The fourth-order valence-electron chi connectivity index (χ4n) is 3.62. The van der Waals surface area contributed by atoms with E-state index in [-0.39, 0.29) is 6.04 Å². The third kappa shape index (κ3) is 3.66. The van der Waals surface area contributed by atoms with Gasteiger partial charge in [0.2, 0.25) is 0 Å². The Labute approximate surface area is 155 Å². The zero-order chi connectivity index (χ0) is 17.8. The van der Waals surface area contributed by atoms with Crippen LogP contribution in [0.25, 0.3) is 0 Å². The lowest BCUT2D eigenvalue weighted by Gasteiger charge is -2.28. The van der Waals surface area contributed by atoms with Crippen LogP contribution in [0, 0.1) is 0 Å². The zero-order valence-corrected chi connectivity index (χ0v) is 15.2. The SMILES string of the molecule is CCc1ccc(C2NCCc3cc(OCc4ccccc4)ccc32)cc1. The molecule has 132 valence electrons. The first-order valence-electron chi connectivity index (χ1n) is 9.45. The summed E-state index contributed by atoms with van der Waals surface area (Å²) in [4.78, 5) is 0. The third-order valence-electron chi connectivity index (χ3n) is 5.14. The molecule has 0 saturated heterocycles. The van der Waals surface area contributed by atoms with Crippen molar-refractivity contribution >= 4 is 0 Å². The van der Waals surface area contributed by atoms with Crippen LogP contribution in [0.5, 0.6) is 5.75 Å². The molecule has 1 aliphatic rings. The molecule has 0 bridgehead atoms. The Kier molecular flexibility index (Phi) is 5.03. The molecule has 0 aromatic heterocycles. The van der Waals surface area contributed by atoms with E-state index in [0.29, 0.717) is 6.61 Å². The van der Waals surface area contributed by atoms with Crippen molar-refractivity contribution in [2.24, 2.45) is 0 Å². The molecule has 1 N–H and O–H groups in total. The minimum Gasteiger partial charge on any atom is -0.489 e. The number of rotatable bonds is 5. The molecule has 4 rings (SSSR count). The second-order valence-electron chi connectivity index (χ2n) is 6.87. The summed E-state index contributed by atoms with van der Waals surface area (Å²) in [6.45, 7) is 3.80. The molecule has 0 fully saturated rings. The molecule has 3 aromatic rings. The number of fused-ring (bicyclic) bond motifs is 1. The molecular formula is C24H25NO. The number of hydrogen-bond acceptors (Lipinski definition) is 2. The maximum absolute atomic E-state index is 6.01. The van der Waals surface area contributed by atoms with Gasteiger partial charge in [0.15, 0.2) is 0 Å². The van der Waals surface area contributed by atoms with E-state index in [0.717, 1.165) is 25.1 Å². The predicted molar refractivity (Wildman–Crippen MR) is 107 cm³/mol. The van der Waals surface area contributed by atoms with Crippen LogP contribution in [-0.2, 0) is 19.4 Å². The van der Waals surface area contributed by atoms with Crippen molar-refractivity contribution in [1.82, 2.24) is 5.32 Å². The topological polar surface area (TPSA) is 21.3 Å². The highest BCUT2D eigenvalue weighted by Gasteiger charge is 2.21. The highest BCUT2D eigenvalue weighted by atomic mass is 16.5. The van der Waals surface area contributed by atoms with Crippen LogP contribution >= 0.6 is 0 Å². The Balaban J connectivity index is 1.53. The van der Waals surface area contributed by atoms with Crippen LogP contribution in [0.4, 0.5) is 0 Å². The Morgan fingerprint density at radius 3 is 2.50 bits per heavy atom. The fraction of sp³-hybridized carbons (Fsp3) is 0.250. The Morgan fingerprint density at radius 1 is 0.923 bits per heavy atom. The van der Waals surface area contributed by atoms with Gasteiger partial charge in [0, 0.05) is 6.54 Å². The summed E-state index contributed by atoms with van der Waals surface area (Å²) in [5, 5.41) is 3.67. The lowest BCUT2D eigenvalue weighted by molar-refractivity contribution is 0.305. The fourth-order valence-corrected chi connectivity index (χ4v) is 3.62.